The lowest BCUT2D eigenvalue weighted by atomic mass is 10.4. The predicted molar refractivity (Wildman–Crippen MR) is 53.6 cm³/mol. The zero-order chi connectivity index (χ0) is 10.6. The summed E-state index contributed by atoms with van der Waals surface area (Å²) < 4.78 is 2.01. The molecule has 0 aromatic carbocycles. The van der Waals surface area contributed by atoms with Gasteiger partial charge in [-0.15, -0.1) is 0 Å². The summed E-state index contributed by atoms with van der Waals surface area (Å²) in [6.45, 7) is -0.0634. The van der Waals surface area contributed by atoms with Crippen molar-refractivity contribution in [1.29, 1.82) is 0 Å². The molecule has 0 radical (unpaired) electrons. The minimum Gasteiger partial charge on any atom is -0.305 e. The Morgan fingerprint density at radius 1 is 1.64 bits per heavy atom. The van der Waals surface area contributed by atoms with E-state index in [0.717, 1.165) is 4.47 Å². The topological polar surface area (TPSA) is 60.3 Å². The molecule has 5 nitrogen and oxygen atoms in total. The van der Waals surface area contributed by atoms with Gasteiger partial charge in [-0.05, 0) is 22.0 Å². The molecule has 0 spiro atoms. The molecule has 0 fully saturated rings. The average Bonchev–Trinajstić information content (AvgIpc) is 2.12. The fraction of sp³-hybridized carbons (Fsp3) is 0.250. The van der Waals surface area contributed by atoms with Crippen molar-refractivity contribution in [2.24, 2.45) is 0 Å². The summed E-state index contributed by atoms with van der Waals surface area (Å²) in [5, 5.41) is 0. The number of rotatable bonds is 3. The van der Waals surface area contributed by atoms with Gasteiger partial charge in [0.05, 0.1) is 7.11 Å². The Balaban J connectivity index is 2.81. The van der Waals surface area contributed by atoms with E-state index in [4.69, 9.17) is 0 Å². The molecule has 0 atom stereocenters. The SMILES string of the molecule is CONC(=O)Cn1cc(Br)ccc1=O. The third-order valence-corrected chi connectivity index (χ3v) is 1.95. The van der Waals surface area contributed by atoms with E-state index >= 15 is 0 Å². The van der Waals surface area contributed by atoms with Crippen LogP contribution >= 0.6 is 15.9 Å². The van der Waals surface area contributed by atoms with Crippen molar-refractivity contribution in [3.05, 3.63) is 33.2 Å². The number of hydrogen-bond donors (Lipinski definition) is 1. The molecule has 0 aliphatic rings. The van der Waals surface area contributed by atoms with Crippen LogP contribution in [-0.4, -0.2) is 17.6 Å². The molecule has 14 heavy (non-hydrogen) atoms. The van der Waals surface area contributed by atoms with Gasteiger partial charge in [-0.3, -0.25) is 14.4 Å². The lowest BCUT2D eigenvalue weighted by Crippen LogP contribution is -2.31. The van der Waals surface area contributed by atoms with Crippen LogP contribution in [0.15, 0.2) is 27.6 Å². The molecule has 0 aliphatic heterocycles. The van der Waals surface area contributed by atoms with Gasteiger partial charge < -0.3 is 4.57 Å². The first-order valence-electron chi connectivity index (χ1n) is 3.81. The molecule has 1 amide bonds. The third-order valence-electron chi connectivity index (χ3n) is 1.48. The highest BCUT2D eigenvalue weighted by atomic mass is 79.9. The first kappa shape index (κ1) is 10.9. The smallest absolute Gasteiger partial charge is 0.263 e. The van der Waals surface area contributed by atoms with E-state index < -0.39 is 0 Å². The van der Waals surface area contributed by atoms with Crippen LogP contribution in [0.25, 0.3) is 0 Å². The quantitative estimate of drug-likeness (QED) is 0.795. The van der Waals surface area contributed by atoms with E-state index in [9.17, 15) is 9.59 Å². The number of nitrogens with zero attached hydrogens (tertiary/aromatic N) is 1. The Bertz CT molecular complexity index is 388. The monoisotopic (exact) mass is 260 g/mol. The number of hydroxylamine groups is 1. The number of halogens is 1. The van der Waals surface area contributed by atoms with Crippen LogP contribution in [0.4, 0.5) is 0 Å². The van der Waals surface area contributed by atoms with Crippen molar-refractivity contribution in [1.82, 2.24) is 10.0 Å². The molecule has 6 heteroatoms. The summed E-state index contributed by atoms with van der Waals surface area (Å²) in [4.78, 5) is 26.7. The maximum Gasteiger partial charge on any atom is 0.263 e. The summed E-state index contributed by atoms with van der Waals surface area (Å²) in [5.74, 6) is -0.382. The van der Waals surface area contributed by atoms with E-state index in [1.165, 1.54) is 23.9 Å². The number of carbonyl (C=O) groups is 1. The van der Waals surface area contributed by atoms with Crippen molar-refractivity contribution in [3.8, 4) is 0 Å². The van der Waals surface area contributed by atoms with Gasteiger partial charge in [-0.2, -0.15) is 0 Å². The number of aromatic nitrogens is 1. The van der Waals surface area contributed by atoms with Gasteiger partial charge in [0.1, 0.15) is 6.54 Å². The molecule has 1 N–H and O–H groups in total. The first-order valence-corrected chi connectivity index (χ1v) is 4.60. The predicted octanol–water partition coefficient (Wildman–Crippen LogP) is 0.288. The highest BCUT2D eigenvalue weighted by Gasteiger charge is 2.03. The van der Waals surface area contributed by atoms with Crippen molar-refractivity contribution in [2.45, 2.75) is 6.54 Å². The van der Waals surface area contributed by atoms with E-state index in [-0.39, 0.29) is 18.0 Å². The third kappa shape index (κ3) is 2.97. The standard InChI is InChI=1S/C8H9BrN2O3/c1-14-10-7(12)5-11-4-6(9)2-3-8(11)13/h2-4H,5H2,1H3,(H,10,12). The van der Waals surface area contributed by atoms with Gasteiger partial charge in [0.15, 0.2) is 0 Å². The van der Waals surface area contributed by atoms with Gasteiger partial charge >= 0.3 is 0 Å². The van der Waals surface area contributed by atoms with Crippen LogP contribution in [0.5, 0.6) is 0 Å². The minimum absolute atomic E-state index is 0.0634. The summed E-state index contributed by atoms with van der Waals surface area (Å²) in [6, 6.07) is 3.00. The lowest BCUT2D eigenvalue weighted by molar-refractivity contribution is -0.131. The van der Waals surface area contributed by atoms with Crippen LogP contribution in [0.1, 0.15) is 0 Å². The molecule has 0 saturated heterocycles. The highest BCUT2D eigenvalue weighted by Crippen LogP contribution is 2.04. The fourth-order valence-electron chi connectivity index (χ4n) is 0.927. The number of nitrogens with one attached hydrogen (secondary N) is 1. The van der Waals surface area contributed by atoms with Gasteiger partial charge in [-0.1, -0.05) is 0 Å². The Labute approximate surface area is 88.8 Å². The second kappa shape index (κ2) is 4.92. The van der Waals surface area contributed by atoms with E-state index in [1.54, 1.807) is 6.07 Å². The maximum absolute atomic E-state index is 11.2. The molecule has 1 rings (SSSR count). The summed E-state index contributed by atoms with van der Waals surface area (Å²) in [5.41, 5.74) is 1.89. The zero-order valence-electron chi connectivity index (χ0n) is 7.49. The molecule has 0 unspecified atom stereocenters. The Morgan fingerprint density at radius 3 is 3.00 bits per heavy atom. The number of pyridine rings is 1. The van der Waals surface area contributed by atoms with Crippen LogP contribution in [0.2, 0.25) is 0 Å². The number of carbonyl (C=O) groups excluding carboxylic acids is 1. The minimum atomic E-state index is -0.382. The van der Waals surface area contributed by atoms with Gasteiger partial charge in [0.2, 0.25) is 0 Å². The fourth-order valence-corrected chi connectivity index (χ4v) is 1.31. The summed E-state index contributed by atoms with van der Waals surface area (Å²) >= 11 is 3.20. The van der Waals surface area contributed by atoms with E-state index in [1.807, 2.05) is 0 Å². The Kier molecular flexibility index (Phi) is 3.84. The molecule has 0 saturated carbocycles. The largest absolute Gasteiger partial charge is 0.305 e. The van der Waals surface area contributed by atoms with Crippen LogP contribution in [0, 0.1) is 0 Å². The first-order chi connectivity index (χ1) is 6.63. The summed E-state index contributed by atoms with van der Waals surface area (Å²) in [7, 11) is 1.33. The van der Waals surface area contributed by atoms with E-state index in [2.05, 4.69) is 26.2 Å². The Hall–Kier alpha value is -1.14. The molecule has 1 aromatic heterocycles. The summed E-state index contributed by atoms with van der Waals surface area (Å²) in [6.07, 6.45) is 1.54. The number of amides is 1. The van der Waals surface area contributed by atoms with Gasteiger partial charge in [0, 0.05) is 16.7 Å². The van der Waals surface area contributed by atoms with Gasteiger partial charge in [-0.25, -0.2) is 5.48 Å². The zero-order valence-corrected chi connectivity index (χ0v) is 9.08. The molecule has 1 aromatic rings. The van der Waals surface area contributed by atoms with Crippen LogP contribution < -0.4 is 11.0 Å². The van der Waals surface area contributed by atoms with Crippen molar-refractivity contribution < 1.29 is 9.63 Å². The van der Waals surface area contributed by atoms with Crippen molar-refractivity contribution in [3.63, 3.8) is 0 Å². The second-order valence-electron chi connectivity index (χ2n) is 2.54. The lowest BCUT2D eigenvalue weighted by Gasteiger charge is -2.05. The average molecular weight is 261 g/mol. The molecule has 76 valence electrons. The van der Waals surface area contributed by atoms with Crippen molar-refractivity contribution >= 4 is 21.8 Å². The highest BCUT2D eigenvalue weighted by molar-refractivity contribution is 9.10. The molecule has 0 bridgehead atoms. The van der Waals surface area contributed by atoms with Crippen molar-refractivity contribution in [2.75, 3.05) is 7.11 Å². The molecule has 1 heterocycles. The van der Waals surface area contributed by atoms with Crippen LogP contribution in [0.3, 0.4) is 0 Å². The number of hydrogen-bond acceptors (Lipinski definition) is 3. The van der Waals surface area contributed by atoms with Crippen LogP contribution in [-0.2, 0) is 16.2 Å². The normalized spacial score (nSPS) is 9.86. The van der Waals surface area contributed by atoms with E-state index in [0.29, 0.717) is 0 Å². The molecule has 0 aliphatic carbocycles. The molecular weight excluding hydrogens is 252 g/mol. The second-order valence-corrected chi connectivity index (χ2v) is 3.46. The Morgan fingerprint density at radius 2 is 2.36 bits per heavy atom. The molecular formula is C8H9BrN2O3. The van der Waals surface area contributed by atoms with Gasteiger partial charge in [0.25, 0.3) is 11.5 Å². The maximum atomic E-state index is 11.2.